The molecule has 6 heteroatoms. The first-order chi connectivity index (χ1) is 5.41. The van der Waals surface area contributed by atoms with Gasteiger partial charge in [-0.2, -0.15) is 8.42 Å². The summed E-state index contributed by atoms with van der Waals surface area (Å²) in [6.07, 6.45) is 0. The summed E-state index contributed by atoms with van der Waals surface area (Å²) in [5.41, 5.74) is 5.34. The smallest absolute Gasteiger partial charge is 0.296 e. The van der Waals surface area contributed by atoms with Crippen LogP contribution < -0.4 is 5.73 Å². The van der Waals surface area contributed by atoms with Crippen LogP contribution in [0.4, 0.5) is 5.69 Å². The summed E-state index contributed by atoms with van der Waals surface area (Å²) in [4.78, 5) is -0.281. The topological polar surface area (TPSA) is 80.4 Å². The van der Waals surface area contributed by atoms with E-state index in [9.17, 15) is 8.42 Å². The van der Waals surface area contributed by atoms with E-state index in [2.05, 4.69) is 15.9 Å². The summed E-state index contributed by atoms with van der Waals surface area (Å²) in [5, 5.41) is 0. The van der Waals surface area contributed by atoms with E-state index >= 15 is 0 Å². The van der Waals surface area contributed by atoms with Gasteiger partial charge in [-0.25, -0.2) is 0 Å². The van der Waals surface area contributed by atoms with Crippen molar-refractivity contribution in [2.24, 2.45) is 0 Å². The molecule has 1 aromatic carbocycles. The predicted octanol–water partition coefficient (Wildman–Crippen LogP) is 1.28. The van der Waals surface area contributed by atoms with Gasteiger partial charge in [0.15, 0.2) is 0 Å². The predicted molar refractivity (Wildman–Crippen MR) is 48.4 cm³/mol. The molecule has 0 spiro atoms. The Labute approximate surface area is 78.3 Å². The number of halogens is 1. The first-order valence-corrected chi connectivity index (χ1v) is 5.17. The minimum atomic E-state index is -4.21. The van der Waals surface area contributed by atoms with Gasteiger partial charge in [-0.1, -0.05) is 15.9 Å². The highest BCUT2D eigenvalue weighted by atomic mass is 79.9. The number of rotatable bonds is 1. The zero-order valence-electron chi connectivity index (χ0n) is 5.86. The molecular weight excluding hydrogens is 246 g/mol. The van der Waals surface area contributed by atoms with Crippen molar-refractivity contribution in [2.45, 2.75) is 4.90 Å². The van der Waals surface area contributed by atoms with E-state index in [0.717, 1.165) is 0 Å². The molecule has 0 bridgehead atoms. The van der Waals surface area contributed by atoms with Crippen molar-refractivity contribution in [1.29, 1.82) is 0 Å². The van der Waals surface area contributed by atoms with Crippen LogP contribution in [0.2, 0.25) is 0 Å². The van der Waals surface area contributed by atoms with Gasteiger partial charge >= 0.3 is 0 Å². The molecule has 0 fully saturated rings. The molecule has 0 saturated heterocycles. The van der Waals surface area contributed by atoms with E-state index in [1.54, 1.807) is 6.07 Å². The molecule has 3 N–H and O–H groups in total. The maximum absolute atomic E-state index is 10.7. The highest BCUT2D eigenvalue weighted by Crippen LogP contribution is 2.22. The Morgan fingerprint density at radius 2 is 2.00 bits per heavy atom. The van der Waals surface area contributed by atoms with E-state index in [1.807, 2.05) is 0 Å². The summed E-state index contributed by atoms with van der Waals surface area (Å²) in [6.45, 7) is 0. The fourth-order valence-corrected chi connectivity index (χ4v) is 1.89. The molecule has 4 nitrogen and oxygen atoms in total. The summed E-state index contributed by atoms with van der Waals surface area (Å²) < 4.78 is 30.5. The van der Waals surface area contributed by atoms with Crippen LogP contribution >= 0.6 is 15.9 Å². The average Bonchev–Trinajstić information content (AvgIpc) is 1.92. The van der Waals surface area contributed by atoms with E-state index in [-0.39, 0.29) is 10.6 Å². The number of anilines is 1. The largest absolute Gasteiger partial charge is 0.398 e. The summed E-state index contributed by atoms with van der Waals surface area (Å²) in [5.74, 6) is 0. The SMILES string of the molecule is Nc1ccc(Br)cc1S(=O)(=O)O. The maximum Gasteiger partial charge on any atom is 0.296 e. The van der Waals surface area contributed by atoms with Crippen molar-refractivity contribution in [2.75, 3.05) is 5.73 Å². The fourth-order valence-electron chi connectivity index (χ4n) is 0.732. The zero-order valence-corrected chi connectivity index (χ0v) is 8.26. The van der Waals surface area contributed by atoms with Gasteiger partial charge in [0, 0.05) is 4.47 Å². The lowest BCUT2D eigenvalue weighted by atomic mass is 10.3. The van der Waals surface area contributed by atoms with Crippen molar-refractivity contribution in [3.05, 3.63) is 22.7 Å². The van der Waals surface area contributed by atoms with Crippen LogP contribution in [0.15, 0.2) is 27.6 Å². The Balaban J connectivity index is 3.43. The summed E-state index contributed by atoms with van der Waals surface area (Å²) in [7, 11) is -4.21. The Kier molecular flexibility index (Phi) is 2.41. The molecule has 0 aliphatic heterocycles. The van der Waals surface area contributed by atoms with Gasteiger partial charge in [-0.15, -0.1) is 0 Å². The van der Waals surface area contributed by atoms with Gasteiger partial charge in [0.2, 0.25) is 0 Å². The standard InChI is InChI=1S/C6H6BrNO3S/c7-4-1-2-5(8)6(3-4)12(9,10)11/h1-3H,8H2,(H,9,10,11). The average molecular weight is 252 g/mol. The lowest BCUT2D eigenvalue weighted by Crippen LogP contribution is -2.02. The molecule has 0 atom stereocenters. The second-order valence-corrected chi connectivity index (χ2v) is 4.46. The van der Waals surface area contributed by atoms with Crippen LogP contribution in [-0.4, -0.2) is 13.0 Å². The third-order valence-electron chi connectivity index (χ3n) is 1.25. The van der Waals surface area contributed by atoms with Gasteiger partial charge in [0.1, 0.15) is 4.90 Å². The van der Waals surface area contributed by atoms with Crippen molar-refractivity contribution in [3.8, 4) is 0 Å². The molecule has 0 amide bonds. The molecule has 0 saturated carbocycles. The Morgan fingerprint density at radius 1 is 1.42 bits per heavy atom. The lowest BCUT2D eigenvalue weighted by Gasteiger charge is -2.01. The highest BCUT2D eigenvalue weighted by Gasteiger charge is 2.13. The number of benzene rings is 1. The summed E-state index contributed by atoms with van der Waals surface area (Å²) in [6, 6.07) is 4.22. The Bertz CT molecular complexity index is 401. The minimum absolute atomic E-state index is 0.0284. The Morgan fingerprint density at radius 3 is 2.42 bits per heavy atom. The van der Waals surface area contributed by atoms with Crippen molar-refractivity contribution < 1.29 is 13.0 Å². The first-order valence-electron chi connectivity index (χ1n) is 2.94. The molecule has 0 unspecified atom stereocenters. The van der Waals surface area contributed by atoms with Crippen LogP contribution in [0, 0.1) is 0 Å². The molecule has 0 aromatic heterocycles. The monoisotopic (exact) mass is 251 g/mol. The van der Waals surface area contributed by atoms with E-state index < -0.39 is 10.1 Å². The van der Waals surface area contributed by atoms with Gasteiger partial charge < -0.3 is 5.73 Å². The fraction of sp³-hybridized carbons (Fsp3) is 0. The molecule has 1 rings (SSSR count). The zero-order chi connectivity index (χ0) is 9.35. The van der Waals surface area contributed by atoms with Crippen molar-refractivity contribution in [1.82, 2.24) is 0 Å². The molecule has 1 aromatic rings. The van der Waals surface area contributed by atoms with Crippen molar-refractivity contribution >= 4 is 31.7 Å². The Hall–Kier alpha value is -0.590. The van der Waals surface area contributed by atoms with Gasteiger partial charge in [-0.3, -0.25) is 4.55 Å². The van der Waals surface area contributed by atoms with E-state index in [1.165, 1.54) is 12.1 Å². The first kappa shape index (κ1) is 9.50. The van der Waals surface area contributed by atoms with Crippen molar-refractivity contribution in [3.63, 3.8) is 0 Å². The number of hydrogen-bond acceptors (Lipinski definition) is 3. The molecule has 0 heterocycles. The third-order valence-corrected chi connectivity index (χ3v) is 2.66. The number of nitrogens with two attached hydrogens (primary N) is 1. The summed E-state index contributed by atoms with van der Waals surface area (Å²) >= 11 is 3.06. The number of nitrogen functional groups attached to an aromatic ring is 1. The normalized spacial score (nSPS) is 11.5. The van der Waals surface area contributed by atoms with Gasteiger partial charge in [0.25, 0.3) is 10.1 Å². The molecular formula is C6H6BrNO3S. The quantitative estimate of drug-likeness (QED) is 0.582. The second kappa shape index (κ2) is 3.04. The highest BCUT2D eigenvalue weighted by molar-refractivity contribution is 9.10. The molecule has 0 radical (unpaired) electrons. The van der Waals surface area contributed by atoms with Gasteiger partial charge in [-0.05, 0) is 18.2 Å². The molecule has 66 valence electrons. The van der Waals surface area contributed by atoms with Crippen LogP contribution in [0.1, 0.15) is 0 Å². The van der Waals surface area contributed by atoms with E-state index in [4.69, 9.17) is 10.3 Å². The van der Waals surface area contributed by atoms with Crippen LogP contribution in [0.3, 0.4) is 0 Å². The van der Waals surface area contributed by atoms with Crippen LogP contribution in [0.25, 0.3) is 0 Å². The van der Waals surface area contributed by atoms with Crippen LogP contribution in [0.5, 0.6) is 0 Å². The molecule has 12 heavy (non-hydrogen) atoms. The maximum atomic E-state index is 10.7. The van der Waals surface area contributed by atoms with Crippen LogP contribution in [-0.2, 0) is 10.1 Å². The lowest BCUT2D eigenvalue weighted by molar-refractivity contribution is 0.483. The number of hydrogen-bond donors (Lipinski definition) is 2. The molecule has 0 aliphatic carbocycles. The van der Waals surface area contributed by atoms with Gasteiger partial charge in [0.05, 0.1) is 5.69 Å². The van der Waals surface area contributed by atoms with E-state index in [0.29, 0.717) is 4.47 Å². The minimum Gasteiger partial charge on any atom is -0.398 e. The molecule has 0 aliphatic rings. The third kappa shape index (κ3) is 1.96. The second-order valence-electron chi connectivity index (χ2n) is 2.16.